The molecule has 3 rings (SSSR count). The first-order valence-corrected chi connectivity index (χ1v) is 10.4. The van der Waals surface area contributed by atoms with Crippen LogP contribution in [0.15, 0.2) is 41.0 Å². The molecule has 0 saturated heterocycles. The van der Waals surface area contributed by atoms with Crippen LogP contribution >= 0.6 is 0 Å². The normalized spacial score (nSPS) is 12.3. The Bertz CT molecular complexity index is 847. The number of fused-ring (bicyclic) bond motifs is 1. The zero-order valence-corrected chi connectivity index (χ0v) is 17.9. The van der Waals surface area contributed by atoms with Crippen LogP contribution in [0.25, 0.3) is 0 Å². The minimum absolute atomic E-state index is 0.0144. The highest BCUT2D eigenvalue weighted by atomic mass is 16.7. The molecule has 0 radical (unpaired) electrons. The zero-order valence-electron chi connectivity index (χ0n) is 17.9. The maximum Gasteiger partial charge on any atom is 0.242 e. The topological polar surface area (TPSA) is 72.2 Å². The van der Waals surface area contributed by atoms with Gasteiger partial charge in [0.05, 0.1) is 19.4 Å². The third kappa shape index (κ3) is 5.78. The SMILES string of the molecule is CCCC(=O)N(CC(=O)N(Cc1ccc2c(c1)OCO2)Cc1ccco1)CC(C)C. The lowest BCUT2D eigenvalue weighted by atomic mass is 10.1. The first-order chi connectivity index (χ1) is 14.5. The second-order valence-corrected chi connectivity index (χ2v) is 7.93. The summed E-state index contributed by atoms with van der Waals surface area (Å²) in [6, 6.07) is 9.30. The van der Waals surface area contributed by atoms with E-state index in [9.17, 15) is 9.59 Å². The number of benzene rings is 1. The van der Waals surface area contributed by atoms with Gasteiger partial charge in [-0.05, 0) is 42.2 Å². The van der Waals surface area contributed by atoms with E-state index >= 15 is 0 Å². The predicted molar refractivity (Wildman–Crippen MR) is 112 cm³/mol. The third-order valence-electron chi connectivity index (χ3n) is 4.82. The van der Waals surface area contributed by atoms with Crippen molar-refractivity contribution in [1.29, 1.82) is 0 Å². The number of hydrogen-bond donors (Lipinski definition) is 0. The number of nitrogens with zero attached hydrogens (tertiary/aromatic N) is 2. The van der Waals surface area contributed by atoms with E-state index in [0.29, 0.717) is 43.3 Å². The molecule has 7 nitrogen and oxygen atoms in total. The van der Waals surface area contributed by atoms with Gasteiger partial charge in [-0.1, -0.05) is 26.8 Å². The second kappa shape index (κ2) is 10.2. The molecule has 1 aliphatic rings. The molecule has 0 spiro atoms. The molecule has 0 atom stereocenters. The number of furan rings is 1. The van der Waals surface area contributed by atoms with Gasteiger partial charge in [0.2, 0.25) is 18.6 Å². The van der Waals surface area contributed by atoms with Crippen molar-refractivity contribution >= 4 is 11.8 Å². The van der Waals surface area contributed by atoms with Crippen molar-refractivity contribution in [3.05, 3.63) is 47.9 Å². The van der Waals surface area contributed by atoms with Crippen molar-refractivity contribution in [2.45, 2.75) is 46.7 Å². The molecule has 0 bridgehead atoms. The number of carbonyl (C=O) groups is 2. The van der Waals surface area contributed by atoms with Crippen LogP contribution in [0.2, 0.25) is 0 Å². The van der Waals surface area contributed by atoms with Crippen molar-refractivity contribution < 1.29 is 23.5 Å². The van der Waals surface area contributed by atoms with E-state index in [-0.39, 0.29) is 31.1 Å². The predicted octanol–water partition coefficient (Wildman–Crippen LogP) is 3.82. The molecule has 30 heavy (non-hydrogen) atoms. The summed E-state index contributed by atoms with van der Waals surface area (Å²) in [5.74, 6) is 2.26. The average molecular weight is 415 g/mol. The summed E-state index contributed by atoms with van der Waals surface area (Å²) in [6.07, 6.45) is 2.80. The average Bonchev–Trinajstić information content (AvgIpc) is 3.38. The fraction of sp³-hybridized carbons (Fsp3) is 0.478. The number of rotatable bonds is 10. The largest absolute Gasteiger partial charge is 0.467 e. The third-order valence-corrected chi connectivity index (χ3v) is 4.82. The summed E-state index contributed by atoms with van der Waals surface area (Å²) in [6.45, 7) is 7.60. The summed E-state index contributed by atoms with van der Waals surface area (Å²) in [7, 11) is 0. The van der Waals surface area contributed by atoms with Crippen LogP contribution in [0, 0.1) is 5.92 Å². The summed E-state index contributed by atoms with van der Waals surface area (Å²) in [4.78, 5) is 29.2. The van der Waals surface area contributed by atoms with E-state index in [0.717, 1.165) is 12.0 Å². The standard InChI is InChI=1S/C23H30N2O5/c1-4-6-22(26)24(12-17(2)3)15-23(27)25(14-19-7-5-10-28-19)13-18-8-9-20-21(11-18)30-16-29-20/h5,7-11,17H,4,6,12-16H2,1-3H3. The Kier molecular flexibility index (Phi) is 7.38. The van der Waals surface area contributed by atoms with Gasteiger partial charge in [0, 0.05) is 19.5 Å². The van der Waals surface area contributed by atoms with E-state index < -0.39 is 0 Å². The van der Waals surface area contributed by atoms with E-state index in [4.69, 9.17) is 13.9 Å². The molecule has 0 saturated carbocycles. The lowest BCUT2D eigenvalue weighted by Crippen LogP contribution is -2.43. The van der Waals surface area contributed by atoms with Gasteiger partial charge in [-0.3, -0.25) is 9.59 Å². The number of amides is 2. The van der Waals surface area contributed by atoms with Crippen molar-refractivity contribution in [3.63, 3.8) is 0 Å². The van der Waals surface area contributed by atoms with Gasteiger partial charge in [-0.2, -0.15) is 0 Å². The first kappa shape index (κ1) is 21.7. The highest BCUT2D eigenvalue weighted by Gasteiger charge is 2.23. The first-order valence-electron chi connectivity index (χ1n) is 10.4. The van der Waals surface area contributed by atoms with Gasteiger partial charge in [0.25, 0.3) is 0 Å². The molecule has 0 N–H and O–H groups in total. The molecule has 0 fully saturated rings. The molecule has 7 heteroatoms. The fourth-order valence-electron chi connectivity index (χ4n) is 3.41. The quantitative estimate of drug-likeness (QED) is 0.591. The Balaban J connectivity index is 1.76. The lowest BCUT2D eigenvalue weighted by molar-refractivity contribution is -0.141. The van der Waals surface area contributed by atoms with Crippen molar-refractivity contribution in [2.24, 2.45) is 5.92 Å². The molecular weight excluding hydrogens is 384 g/mol. The van der Waals surface area contributed by atoms with Crippen LogP contribution in [0.5, 0.6) is 11.5 Å². The Morgan fingerprint density at radius 1 is 1.03 bits per heavy atom. The fourth-order valence-corrected chi connectivity index (χ4v) is 3.41. The monoisotopic (exact) mass is 414 g/mol. The molecular formula is C23H30N2O5. The molecule has 2 heterocycles. The van der Waals surface area contributed by atoms with Crippen LogP contribution in [0.3, 0.4) is 0 Å². The van der Waals surface area contributed by atoms with Gasteiger partial charge in [-0.15, -0.1) is 0 Å². The van der Waals surface area contributed by atoms with Gasteiger partial charge >= 0.3 is 0 Å². The molecule has 1 aromatic heterocycles. The van der Waals surface area contributed by atoms with Crippen molar-refractivity contribution in [3.8, 4) is 11.5 Å². The van der Waals surface area contributed by atoms with E-state index in [1.54, 1.807) is 22.1 Å². The summed E-state index contributed by atoms with van der Waals surface area (Å²) < 4.78 is 16.3. The Morgan fingerprint density at radius 2 is 1.83 bits per heavy atom. The van der Waals surface area contributed by atoms with Gasteiger partial charge in [-0.25, -0.2) is 0 Å². The summed E-state index contributed by atoms with van der Waals surface area (Å²) >= 11 is 0. The smallest absolute Gasteiger partial charge is 0.242 e. The van der Waals surface area contributed by atoms with Crippen molar-refractivity contribution in [1.82, 2.24) is 9.80 Å². The van der Waals surface area contributed by atoms with Crippen molar-refractivity contribution in [2.75, 3.05) is 19.9 Å². The Morgan fingerprint density at radius 3 is 2.53 bits per heavy atom. The molecule has 0 unspecified atom stereocenters. The number of hydrogen-bond acceptors (Lipinski definition) is 5. The minimum atomic E-state index is -0.117. The van der Waals surface area contributed by atoms with E-state index in [2.05, 4.69) is 0 Å². The zero-order chi connectivity index (χ0) is 21.5. The Hall–Kier alpha value is -2.96. The van der Waals surface area contributed by atoms with Gasteiger partial charge in [0.15, 0.2) is 11.5 Å². The van der Waals surface area contributed by atoms with Crippen LogP contribution in [-0.2, 0) is 22.7 Å². The maximum absolute atomic E-state index is 13.2. The summed E-state index contributed by atoms with van der Waals surface area (Å²) in [5, 5.41) is 0. The maximum atomic E-state index is 13.2. The van der Waals surface area contributed by atoms with E-state index in [1.807, 2.05) is 45.0 Å². The highest BCUT2D eigenvalue weighted by Crippen LogP contribution is 2.33. The molecule has 0 aliphatic carbocycles. The molecule has 162 valence electrons. The van der Waals surface area contributed by atoms with Gasteiger partial charge in [0.1, 0.15) is 5.76 Å². The van der Waals surface area contributed by atoms with Crippen LogP contribution < -0.4 is 9.47 Å². The van der Waals surface area contributed by atoms with Crippen LogP contribution in [0.4, 0.5) is 0 Å². The Labute approximate surface area is 177 Å². The van der Waals surface area contributed by atoms with Crippen LogP contribution in [0.1, 0.15) is 44.9 Å². The minimum Gasteiger partial charge on any atom is -0.467 e. The summed E-state index contributed by atoms with van der Waals surface area (Å²) in [5.41, 5.74) is 0.925. The molecule has 1 aromatic carbocycles. The lowest BCUT2D eigenvalue weighted by Gasteiger charge is -2.28. The van der Waals surface area contributed by atoms with Gasteiger partial charge < -0.3 is 23.7 Å². The molecule has 2 aromatic rings. The molecule has 2 amide bonds. The van der Waals surface area contributed by atoms with E-state index in [1.165, 1.54) is 0 Å². The molecule has 1 aliphatic heterocycles. The number of ether oxygens (including phenoxy) is 2. The number of carbonyl (C=O) groups excluding carboxylic acids is 2. The highest BCUT2D eigenvalue weighted by molar-refractivity contribution is 5.84. The van der Waals surface area contributed by atoms with Crippen LogP contribution in [-0.4, -0.2) is 41.5 Å². The second-order valence-electron chi connectivity index (χ2n) is 7.93.